The Morgan fingerprint density at radius 1 is 1.44 bits per heavy atom. The van der Waals surface area contributed by atoms with Crippen LogP contribution in [0.5, 0.6) is 0 Å². The van der Waals surface area contributed by atoms with Gasteiger partial charge in [-0.1, -0.05) is 0 Å². The van der Waals surface area contributed by atoms with Crippen LogP contribution in [-0.4, -0.2) is 47.8 Å². The van der Waals surface area contributed by atoms with E-state index in [1.165, 1.54) is 12.4 Å². The van der Waals surface area contributed by atoms with Gasteiger partial charge < -0.3 is 14.7 Å². The fourth-order valence-electron chi connectivity index (χ4n) is 2.04. The minimum absolute atomic E-state index is 0.0294. The summed E-state index contributed by atoms with van der Waals surface area (Å²) < 4.78 is 5.32. The van der Waals surface area contributed by atoms with Crippen molar-refractivity contribution in [3.8, 4) is 0 Å². The summed E-state index contributed by atoms with van der Waals surface area (Å²) in [4.78, 5) is 20.7. The molecule has 0 unspecified atom stereocenters. The highest BCUT2D eigenvalue weighted by molar-refractivity contribution is 5.84. The van der Waals surface area contributed by atoms with Crippen molar-refractivity contribution in [1.82, 2.24) is 9.97 Å². The van der Waals surface area contributed by atoms with Crippen LogP contribution in [-0.2, 0) is 4.74 Å². The minimum atomic E-state index is -1.05. The molecule has 0 spiro atoms. The Kier molecular flexibility index (Phi) is 4.09. The predicted molar refractivity (Wildman–Crippen MR) is 65.8 cm³/mol. The monoisotopic (exact) mass is 251 g/mol. The number of aromatic carboxylic acids is 1. The molecule has 0 bridgehead atoms. The quantitative estimate of drug-likeness (QED) is 0.861. The van der Waals surface area contributed by atoms with E-state index in [0.717, 1.165) is 32.6 Å². The van der Waals surface area contributed by atoms with Crippen molar-refractivity contribution >= 4 is 11.8 Å². The molecular formula is C12H17N3O3. The van der Waals surface area contributed by atoms with Gasteiger partial charge in [0.15, 0.2) is 5.69 Å². The maximum absolute atomic E-state index is 10.7. The number of hydrogen-bond acceptors (Lipinski definition) is 5. The molecule has 1 N–H and O–H groups in total. The van der Waals surface area contributed by atoms with Gasteiger partial charge in [-0.2, -0.15) is 0 Å². The Balaban J connectivity index is 1.95. The maximum atomic E-state index is 10.7. The molecule has 1 aromatic rings. The van der Waals surface area contributed by atoms with E-state index < -0.39 is 5.97 Å². The van der Waals surface area contributed by atoms with Crippen LogP contribution in [0.2, 0.25) is 0 Å². The minimum Gasteiger partial charge on any atom is -0.476 e. The highest BCUT2D eigenvalue weighted by Crippen LogP contribution is 2.18. The van der Waals surface area contributed by atoms with Gasteiger partial charge in [0.1, 0.15) is 5.82 Å². The number of rotatable bonds is 4. The molecule has 18 heavy (non-hydrogen) atoms. The number of nitrogens with zero attached hydrogens (tertiary/aromatic N) is 3. The molecular weight excluding hydrogens is 234 g/mol. The fraction of sp³-hybridized carbons (Fsp3) is 0.583. The van der Waals surface area contributed by atoms with E-state index in [1.807, 2.05) is 11.9 Å². The van der Waals surface area contributed by atoms with Crippen molar-refractivity contribution in [3.63, 3.8) is 0 Å². The van der Waals surface area contributed by atoms with E-state index in [1.54, 1.807) is 0 Å². The Morgan fingerprint density at radius 2 is 2.17 bits per heavy atom. The molecule has 98 valence electrons. The van der Waals surface area contributed by atoms with Crippen molar-refractivity contribution in [2.24, 2.45) is 5.92 Å². The van der Waals surface area contributed by atoms with E-state index in [0.29, 0.717) is 11.7 Å². The summed E-state index contributed by atoms with van der Waals surface area (Å²) in [6.07, 6.45) is 4.91. The molecule has 1 aliphatic heterocycles. The molecule has 0 saturated carbocycles. The van der Waals surface area contributed by atoms with Crippen molar-refractivity contribution in [2.45, 2.75) is 12.8 Å². The van der Waals surface area contributed by atoms with Crippen LogP contribution in [0.15, 0.2) is 12.4 Å². The molecule has 0 radical (unpaired) electrons. The smallest absolute Gasteiger partial charge is 0.356 e. The number of carboxylic acid groups (broad SMARTS) is 1. The molecule has 1 saturated heterocycles. The van der Waals surface area contributed by atoms with E-state index in [-0.39, 0.29) is 5.69 Å². The number of carboxylic acids is 1. The SMILES string of the molecule is CN(CC1CCOCC1)c1cnc(C(=O)O)cn1. The maximum Gasteiger partial charge on any atom is 0.356 e. The van der Waals surface area contributed by atoms with Gasteiger partial charge in [0.05, 0.1) is 12.4 Å². The molecule has 0 aliphatic carbocycles. The van der Waals surface area contributed by atoms with E-state index >= 15 is 0 Å². The molecule has 6 nitrogen and oxygen atoms in total. The van der Waals surface area contributed by atoms with E-state index in [4.69, 9.17) is 9.84 Å². The largest absolute Gasteiger partial charge is 0.476 e. The molecule has 0 aromatic carbocycles. The normalized spacial score (nSPS) is 16.5. The molecule has 0 atom stereocenters. The zero-order chi connectivity index (χ0) is 13.0. The van der Waals surface area contributed by atoms with Gasteiger partial charge in [-0.05, 0) is 18.8 Å². The zero-order valence-electron chi connectivity index (χ0n) is 10.4. The molecule has 2 heterocycles. The zero-order valence-corrected chi connectivity index (χ0v) is 10.4. The summed E-state index contributed by atoms with van der Waals surface area (Å²) in [6, 6.07) is 0. The first-order chi connectivity index (χ1) is 8.66. The van der Waals surface area contributed by atoms with Gasteiger partial charge in [0.2, 0.25) is 0 Å². The molecule has 6 heteroatoms. The van der Waals surface area contributed by atoms with Gasteiger partial charge in [0.25, 0.3) is 0 Å². The third kappa shape index (κ3) is 3.16. The number of ether oxygens (including phenoxy) is 1. The van der Waals surface area contributed by atoms with E-state index in [2.05, 4.69) is 9.97 Å². The van der Waals surface area contributed by atoms with Crippen LogP contribution in [0, 0.1) is 5.92 Å². The highest BCUT2D eigenvalue weighted by atomic mass is 16.5. The Morgan fingerprint density at radius 3 is 2.72 bits per heavy atom. The number of hydrogen-bond donors (Lipinski definition) is 1. The average Bonchev–Trinajstić information content (AvgIpc) is 2.40. The van der Waals surface area contributed by atoms with Crippen LogP contribution >= 0.6 is 0 Å². The van der Waals surface area contributed by atoms with Crippen molar-refractivity contribution < 1.29 is 14.6 Å². The summed E-state index contributed by atoms with van der Waals surface area (Å²) in [7, 11) is 1.94. The van der Waals surface area contributed by atoms with Crippen LogP contribution in [0.1, 0.15) is 23.3 Å². The van der Waals surface area contributed by atoms with Crippen LogP contribution in [0.3, 0.4) is 0 Å². The first kappa shape index (κ1) is 12.8. The van der Waals surface area contributed by atoms with Gasteiger partial charge in [-0.15, -0.1) is 0 Å². The third-order valence-corrected chi connectivity index (χ3v) is 3.12. The van der Waals surface area contributed by atoms with Crippen LogP contribution < -0.4 is 4.90 Å². The molecule has 1 aliphatic rings. The van der Waals surface area contributed by atoms with Crippen molar-refractivity contribution in [3.05, 3.63) is 18.1 Å². The molecule has 0 amide bonds. The van der Waals surface area contributed by atoms with Crippen LogP contribution in [0.4, 0.5) is 5.82 Å². The Hall–Kier alpha value is -1.69. The van der Waals surface area contributed by atoms with Gasteiger partial charge >= 0.3 is 5.97 Å². The Bertz CT molecular complexity index is 402. The predicted octanol–water partition coefficient (Wildman–Crippen LogP) is 1.04. The lowest BCUT2D eigenvalue weighted by atomic mass is 10.00. The topological polar surface area (TPSA) is 75.5 Å². The number of anilines is 1. The first-order valence-electron chi connectivity index (χ1n) is 6.01. The standard InChI is InChI=1S/C12H17N3O3/c1-15(8-9-2-4-18-5-3-9)11-7-13-10(6-14-11)12(16)17/h6-7,9H,2-5,8H2,1H3,(H,16,17). The molecule has 2 rings (SSSR count). The lowest BCUT2D eigenvalue weighted by Crippen LogP contribution is -2.30. The fourth-order valence-corrected chi connectivity index (χ4v) is 2.04. The van der Waals surface area contributed by atoms with Crippen molar-refractivity contribution in [2.75, 3.05) is 31.7 Å². The second kappa shape index (κ2) is 5.77. The van der Waals surface area contributed by atoms with Gasteiger partial charge in [0, 0.05) is 26.8 Å². The summed E-state index contributed by atoms with van der Waals surface area (Å²) in [5, 5.41) is 8.75. The van der Waals surface area contributed by atoms with E-state index in [9.17, 15) is 4.79 Å². The third-order valence-electron chi connectivity index (χ3n) is 3.12. The Labute approximate surface area is 106 Å². The van der Waals surface area contributed by atoms with Gasteiger partial charge in [-0.3, -0.25) is 0 Å². The summed E-state index contributed by atoms with van der Waals surface area (Å²) >= 11 is 0. The van der Waals surface area contributed by atoms with Gasteiger partial charge in [-0.25, -0.2) is 14.8 Å². The lowest BCUT2D eigenvalue weighted by Gasteiger charge is -2.27. The second-order valence-electron chi connectivity index (χ2n) is 4.50. The summed E-state index contributed by atoms with van der Waals surface area (Å²) in [5.41, 5.74) is -0.0294. The number of carbonyl (C=O) groups is 1. The lowest BCUT2D eigenvalue weighted by molar-refractivity contribution is 0.0681. The highest BCUT2D eigenvalue weighted by Gasteiger charge is 2.17. The second-order valence-corrected chi connectivity index (χ2v) is 4.50. The first-order valence-corrected chi connectivity index (χ1v) is 6.01. The van der Waals surface area contributed by atoms with Crippen LogP contribution in [0.25, 0.3) is 0 Å². The molecule has 1 fully saturated rings. The molecule has 1 aromatic heterocycles. The summed E-state index contributed by atoms with van der Waals surface area (Å²) in [6.45, 7) is 2.54. The average molecular weight is 251 g/mol. The number of aromatic nitrogens is 2. The summed E-state index contributed by atoms with van der Waals surface area (Å²) in [5.74, 6) is 0.248. The van der Waals surface area contributed by atoms with Crippen molar-refractivity contribution in [1.29, 1.82) is 0 Å².